The summed E-state index contributed by atoms with van der Waals surface area (Å²) in [6.07, 6.45) is 0. The molecule has 0 aromatic carbocycles. The van der Waals surface area contributed by atoms with E-state index in [0.29, 0.717) is 0 Å². The van der Waals surface area contributed by atoms with Crippen molar-refractivity contribution in [3.05, 3.63) is 0 Å². The van der Waals surface area contributed by atoms with Crippen molar-refractivity contribution < 1.29 is 0 Å². The van der Waals surface area contributed by atoms with Crippen LogP contribution in [0, 0.1) is 0 Å². The van der Waals surface area contributed by atoms with Crippen LogP contribution in [0.2, 0.25) is 0 Å². The van der Waals surface area contributed by atoms with Gasteiger partial charge in [0, 0.05) is 0 Å². The molecule has 0 aliphatic rings. The molecule has 0 aliphatic heterocycles. The molecule has 0 rings (SSSR count). The second-order valence-electron chi connectivity index (χ2n) is 0. The van der Waals surface area contributed by atoms with Crippen LogP contribution in [0.3, 0.4) is 0 Å². The third-order valence-corrected chi connectivity index (χ3v) is 0. The van der Waals surface area contributed by atoms with Gasteiger partial charge in [-0.15, -0.1) is 0 Å². The van der Waals surface area contributed by atoms with Crippen LogP contribution >= 0.6 is 0 Å². The molecule has 11 heavy (non-hydrogen) atoms. The monoisotopic (exact) mass is 2850 g/mol. The van der Waals surface area contributed by atoms with Crippen molar-refractivity contribution in [3.8, 4) is 0 Å². The molecule has 0 amide bonds. The van der Waals surface area contributed by atoms with Crippen LogP contribution in [0.1, 0.15) is 0 Å². The quantitative estimate of drug-likeness (QED) is 0.321. The van der Waals surface area contributed by atoms with E-state index in [1.165, 1.54) is 0 Å². The molecule has 0 atom stereocenters. The Morgan fingerprint density at radius 2 is 0.0909 bits per heavy atom. The number of hydrogen-bond acceptors (Lipinski definition) is 0. The number of rotatable bonds is 0. The molecule has 0 N–H and O–H groups in total. The zero-order chi connectivity index (χ0) is 0. The zero-order valence-electron chi connectivity index (χ0n) is 2.94. The fourth-order valence-corrected chi connectivity index (χ4v) is 0. The van der Waals surface area contributed by atoms with E-state index in [1.54, 1.807) is 0 Å². The van der Waals surface area contributed by atoms with Crippen LogP contribution in [0.15, 0.2) is 0 Å². The van der Waals surface area contributed by atoms with Crippen molar-refractivity contribution in [2.24, 2.45) is 0 Å². The Balaban J connectivity index is 0. The molecular weight excluding hydrogens is 2850 g/mol. The first-order valence-corrected chi connectivity index (χ1v) is 0. The molecule has 0 spiro atoms. The van der Waals surface area contributed by atoms with E-state index in [9.17, 15) is 0 Å². The molecule has 0 unspecified atom stereocenters. The van der Waals surface area contributed by atoms with Crippen LogP contribution in [-0.4, -0.2) is 0 Å². The standard InChI is InChI=1S/11No. The van der Waals surface area contributed by atoms with Gasteiger partial charge >= 0.3 is 0 Å². The Morgan fingerprint density at radius 3 is 0.0909 bits per heavy atom. The molecule has 11 heteroatoms. The fraction of sp³-hybridized carbons (Fsp3) is 0. The molecule has 0 bridgehead atoms. The number of hydrogen-bond donors (Lipinski definition) is 0. The minimum Gasteiger partial charge on any atom is 0 e. The first kappa shape index (κ1) is 0. The summed E-state index contributed by atoms with van der Waals surface area (Å²) in [7, 11) is 0. The van der Waals surface area contributed by atoms with E-state index >= 15 is 0 Å². The van der Waals surface area contributed by atoms with Gasteiger partial charge in [0.05, 0.1) is 0 Å². The summed E-state index contributed by atoms with van der Waals surface area (Å²) >= 11 is 0. The molecule has 0 saturated carbocycles. The van der Waals surface area contributed by atoms with Gasteiger partial charge in [0.2, 0.25) is 0 Å². The largest absolute Gasteiger partial charge is 0 e. The Kier molecular flexibility index (Phi) is 0. The van der Waals surface area contributed by atoms with Crippen LogP contribution in [-0.2, 0) is 0 Å². The maximum Gasteiger partial charge on any atom is 0 e. The molecule has 0 aromatic heterocycles. The van der Waals surface area contributed by atoms with E-state index in [0.717, 1.165) is 0 Å². The fourth-order valence-electron chi connectivity index (χ4n) is 0. The summed E-state index contributed by atoms with van der Waals surface area (Å²) in [5.41, 5.74) is 0. The zero-order valence-corrected chi connectivity index (χ0v) is 27.4. The summed E-state index contributed by atoms with van der Waals surface area (Å²) in [6, 6.07) is 0. The van der Waals surface area contributed by atoms with Gasteiger partial charge < -0.3 is 0 Å². The van der Waals surface area contributed by atoms with E-state index in [1.807, 2.05) is 0 Å². The second-order valence-corrected chi connectivity index (χ2v) is 0. The van der Waals surface area contributed by atoms with E-state index in [4.69, 9.17) is 0 Å². The summed E-state index contributed by atoms with van der Waals surface area (Å²) in [5, 5.41) is 0. The summed E-state index contributed by atoms with van der Waals surface area (Å²) < 4.78 is 0. The molecule has 0 fully saturated rings. The third kappa shape index (κ3) is -0.0744. The molecule has 0 radical (unpaired) electrons. The summed E-state index contributed by atoms with van der Waals surface area (Å²) in [5.74, 6) is 0. The molecular formula is No11. The maximum atomic E-state index is 0. The van der Waals surface area contributed by atoms with Gasteiger partial charge in [-0.1, -0.05) is 0 Å². The van der Waals surface area contributed by atoms with Crippen molar-refractivity contribution in [2.45, 2.75) is 0 Å². The molecule has 0 heterocycles. The van der Waals surface area contributed by atoms with Gasteiger partial charge in [0.1, 0.15) is 0 Å². The average molecular weight is 2850 g/mol. The van der Waals surface area contributed by atoms with Gasteiger partial charge in [0.15, 0.2) is 0 Å². The topological polar surface area (TPSA) is 0 Å². The predicted octanol–water partition coefficient (Wildman–Crippen LogP) is 0. The van der Waals surface area contributed by atoms with Crippen molar-refractivity contribution in [2.75, 3.05) is 0 Å². The van der Waals surface area contributed by atoms with Crippen molar-refractivity contribution in [1.29, 1.82) is 0 Å². The molecule has 0 nitrogen and oxygen atoms in total. The summed E-state index contributed by atoms with van der Waals surface area (Å²) in [6.45, 7) is 0. The predicted molar refractivity (Wildman–Crippen MR) is 0 cm³/mol. The smallest absolute Gasteiger partial charge is 0 e. The van der Waals surface area contributed by atoms with Crippen LogP contribution in [0.25, 0.3) is 0 Å². The average Bonchev–Trinajstić information content (AvgIpc) is 0. The molecule has 154 valence electrons. The van der Waals surface area contributed by atoms with E-state index in [-0.39, 0.29) is 0 Å². The first-order valence-electron chi connectivity index (χ1n) is 0. The minimum absolute atomic E-state index is 0. The Hall–Kier alpha value is -11.0. The first-order chi connectivity index (χ1) is 0. The van der Waals surface area contributed by atoms with Crippen molar-refractivity contribution in [1.82, 2.24) is 0 Å². The molecule has 0 aliphatic carbocycles. The van der Waals surface area contributed by atoms with E-state index in [2.05, 4.69) is 0 Å². The third-order valence-electron chi connectivity index (χ3n) is 0. The van der Waals surface area contributed by atoms with Gasteiger partial charge in [-0.05, 0) is 0 Å². The van der Waals surface area contributed by atoms with Crippen LogP contribution < -0.4 is 0 Å². The van der Waals surface area contributed by atoms with Crippen LogP contribution in [0.4, 0.5) is 0 Å². The Bertz CT molecular complexity index is 0. The normalized spacial score (nSPS) is 0. The second kappa shape index (κ2) is -0.0331. The molecule has 0 saturated heterocycles. The summed E-state index contributed by atoms with van der Waals surface area (Å²) in [4.78, 5) is 0. The van der Waals surface area contributed by atoms with E-state index < -0.39 is 0 Å². The van der Waals surface area contributed by atoms with Gasteiger partial charge in [0.25, 0.3) is 0 Å². The van der Waals surface area contributed by atoms with Crippen molar-refractivity contribution in [3.63, 3.8) is 0 Å². The van der Waals surface area contributed by atoms with Crippen LogP contribution in [0.5, 0.6) is 0 Å². The Morgan fingerprint density at radius 1 is 0.0909 bits per heavy atom. The van der Waals surface area contributed by atoms with Gasteiger partial charge in [-0.25, -0.2) is 0 Å². The minimum atomic E-state index is 0. The van der Waals surface area contributed by atoms with Gasteiger partial charge in [-0.2, -0.15) is 0 Å². The van der Waals surface area contributed by atoms with Gasteiger partial charge in [-0.3, -0.25) is 0 Å². The Labute approximate surface area is 0 Å². The maximum absolute atomic E-state index is 0. The molecule has 0 aromatic rings. The SMILES string of the molecule is [No].[No].[No].[No].[No].[No].[No].[No].[No].[No].[No]. The van der Waals surface area contributed by atoms with Crippen molar-refractivity contribution >= 4 is 0 Å².